The van der Waals surface area contributed by atoms with Gasteiger partial charge in [0.15, 0.2) is 0 Å². The Bertz CT molecular complexity index is 685. The van der Waals surface area contributed by atoms with Gasteiger partial charge in [0.1, 0.15) is 24.2 Å². The molecule has 2 aromatic rings. The predicted octanol–water partition coefficient (Wildman–Crippen LogP) is 3.45. The first-order valence-corrected chi connectivity index (χ1v) is 8.05. The van der Waals surface area contributed by atoms with Crippen molar-refractivity contribution in [1.29, 1.82) is 0 Å². The summed E-state index contributed by atoms with van der Waals surface area (Å²) < 4.78 is 18.5. The summed E-state index contributed by atoms with van der Waals surface area (Å²) in [5.74, 6) is -0.268. The van der Waals surface area contributed by atoms with Crippen LogP contribution in [0.15, 0.2) is 48.5 Å². The fourth-order valence-electron chi connectivity index (χ4n) is 2.97. The zero-order valence-corrected chi connectivity index (χ0v) is 13.3. The summed E-state index contributed by atoms with van der Waals surface area (Å²) in [7, 11) is 0. The molecule has 0 bridgehead atoms. The molecule has 5 heteroatoms. The number of halogens is 1. The quantitative estimate of drug-likeness (QED) is 0.882. The molecular formula is C19H20FNO3. The van der Waals surface area contributed by atoms with E-state index < -0.39 is 5.97 Å². The fourth-order valence-corrected chi connectivity index (χ4v) is 2.97. The molecule has 1 heterocycles. The smallest absolute Gasteiger partial charge is 0.320 e. The summed E-state index contributed by atoms with van der Waals surface area (Å²) >= 11 is 0. The van der Waals surface area contributed by atoms with Gasteiger partial charge in [-0.1, -0.05) is 24.3 Å². The molecule has 0 aromatic heterocycles. The number of benzene rings is 2. The third-order valence-electron chi connectivity index (χ3n) is 4.28. The van der Waals surface area contributed by atoms with Crippen molar-refractivity contribution in [2.75, 3.05) is 6.54 Å². The number of ether oxygens (including phenoxy) is 1. The molecule has 0 aliphatic carbocycles. The third kappa shape index (κ3) is 4.11. The predicted molar refractivity (Wildman–Crippen MR) is 88.2 cm³/mol. The highest BCUT2D eigenvalue weighted by molar-refractivity contribution is 5.73. The van der Waals surface area contributed by atoms with Crippen LogP contribution in [0.1, 0.15) is 24.0 Å². The molecule has 1 atom stereocenters. The Morgan fingerprint density at radius 1 is 1.12 bits per heavy atom. The highest BCUT2D eigenvalue weighted by atomic mass is 19.1. The standard InChI is InChI=1S/C19H20FNO3/c20-16-7-3-15(4-8-16)13-24-17-9-5-14(6-10-17)12-21-11-1-2-18(21)19(22)23/h3-10,18H,1-2,11-13H2,(H,22,23)/t18-/m1/s1. The van der Waals surface area contributed by atoms with Gasteiger partial charge in [0, 0.05) is 6.54 Å². The minimum Gasteiger partial charge on any atom is -0.489 e. The van der Waals surface area contributed by atoms with E-state index in [1.165, 1.54) is 12.1 Å². The first-order valence-electron chi connectivity index (χ1n) is 8.05. The Morgan fingerprint density at radius 2 is 1.79 bits per heavy atom. The number of rotatable bonds is 6. The molecule has 0 spiro atoms. The van der Waals surface area contributed by atoms with E-state index in [1.54, 1.807) is 12.1 Å². The van der Waals surface area contributed by atoms with Crippen molar-refractivity contribution in [3.63, 3.8) is 0 Å². The molecule has 1 aliphatic heterocycles. The average Bonchev–Trinajstić information content (AvgIpc) is 3.04. The first-order chi connectivity index (χ1) is 11.6. The van der Waals surface area contributed by atoms with Gasteiger partial charge in [-0.25, -0.2) is 4.39 Å². The van der Waals surface area contributed by atoms with Crippen LogP contribution in [0.4, 0.5) is 4.39 Å². The van der Waals surface area contributed by atoms with Crippen molar-refractivity contribution in [1.82, 2.24) is 4.90 Å². The number of hydrogen-bond acceptors (Lipinski definition) is 3. The molecule has 1 fully saturated rings. The lowest BCUT2D eigenvalue weighted by Gasteiger charge is -2.21. The van der Waals surface area contributed by atoms with Crippen LogP contribution in [0.5, 0.6) is 5.75 Å². The molecule has 2 aromatic carbocycles. The molecule has 0 saturated carbocycles. The molecular weight excluding hydrogens is 309 g/mol. The summed E-state index contributed by atoms with van der Waals surface area (Å²) in [6, 6.07) is 13.5. The Balaban J connectivity index is 1.55. The van der Waals surface area contributed by atoms with Crippen LogP contribution in [0.3, 0.4) is 0 Å². The number of hydrogen-bond donors (Lipinski definition) is 1. The monoisotopic (exact) mass is 329 g/mol. The number of aliphatic carboxylic acids is 1. The minimum absolute atomic E-state index is 0.260. The van der Waals surface area contributed by atoms with Gasteiger partial charge in [-0.3, -0.25) is 9.69 Å². The van der Waals surface area contributed by atoms with Crippen LogP contribution < -0.4 is 4.74 Å². The van der Waals surface area contributed by atoms with Crippen molar-refractivity contribution >= 4 is 5.97 Å². The topological polar surface area (TPSA) is 49.8 Å². The molecule has 1 saturated heterocycles. The van der Waals surface area contributed by atoms with Gasteiger partial charge in [0.2, 0.25) is 0 Å². The van der Waals surface area contributed by atoms with Gasteiger partial charge in [-0.05, 0) is 54.8 Å². The molecule has 3 rings (SSSR count). The van der Waals surface area contributed by atoms with Crippen LogP contribution in [0.25, 0.3) is 0 Å². The van der Waals surface area contributed by atoms with Crippen LogP contribution in [-0.2, 0) is 17.9 Å². The van der Waals surface area contributed by atoms with Crippen LogP contribution in [0.2, 0.25) is 0 Å². The highest BCUT2D eigenvalue weighted by Gasteiger charge is 2.30. The lowest BCUT2D eigenvalue weighted by Crippen LogP contribution is -2.35. The van der Waals surface area contributed by atoms with E-state index in [9.17, 15) is 14.3 Å². The molecule has 1 aliphatic rings. The molecule has 4 nitrogen and oxygen atoms in total. The number of likely N-dealkylation sites (tertiary alicyclic amines) is 1. The van der Waals surface area contributed by atoms with E-state index in [0.29, 0.717) is 19.6 Å². The summed E-state index contributed by atoms with van der Waals surface area (Å²) in [5, 5.41) is 9.22. The zero-order valence-electron chi connectivity index (χ0n) is 13.3. The second kappa shape index (κ2) is 7.45. The van der Waals surface area contributed by atoms with E-state index in [-0.39, 0.29) is 11.9 Å². The van der Waals surface area contributed by atoms with E-state index in [1.807, 2.05) is 29.2 Å². The first kappa shape index (κ1) is 16.5. The molecule has 0 radical (unpaired) electrons. The average molecular weight is 329 g/mol. The summed E-state index contributed by atoms with van der Waals surface area (Å²) in [4.78, 5) is 13.2. The van der Waals surface area contributed by atoms with Crippen LogP contribution in [-0.4, -0.2) is 28.6 Å². The van der Waals surface area contributed by atoms with Crippen molar-refractivity contribution < 1.29 is 19.0 Å². The van der Waals surface area contributed by atoms with Gasteiger partial charge in [0.05, 0.1) is 0 Å². The third-order valence-corrected chi connectivity index (χ3v) is 4.28. The second-order valence-electron chi connectivity index (χ2n) is 6.03. The number of nitrogens with zero attached hydrogens (tertiary/aromatic N) is 1. The Labute approximate surface area is 140 Å². The lowest BCUT2D eigenvalue weighted by atomic mass is 10.1. The minimum atomic E-state index is -0.744. The zero-order chi connectivity index (χ0) is 16.9. The SMILES string of the molecule is O=C(O)[C@H]1CCCN1Cc1ccc(OCc2ccc(F)cc2)cc1. The summed E-state index contributed by atoms with van der Waals surface area (Å²) in [5.41, 5.74) is 1.97. The van der Waals surface area contributed by atoms with E-state index in [2.05, 4.69) is 0 Å². The molecule has 24 heavy (non-hydrogen) atoms. The largest absolute Gasteiger partial charge is 0.489 e. The second-order valence-corrected chi connectivity index (χ2v) is 6.03. The fraction of sp³-hybridized carbons (Fsp3) is 0.316. The number of carboxylic acid groups (broad SMARTS) is 1. The van der Waals surface area contributed by atoms with Crippen molar-refractivity contribution in [3.8, 4) is 5.75 Å². The Morgan fingerprint density at radius 3 is 2.46 bits per heavy atom. The van der Waals surface area contributed by atoms with Gasteiger partial charge >= 0.3 is 5.97 Å². The summed E-state index contributed by atoms with van der Waals surface area (Å²) in [6.45, 7) is 1.84. The molecule has 0 amide bonds. The van der Waals surface area contributed by atoms with Gasteiger partial charge in [0.25, 0.3) is 0 Å². The van der Waals surface area contributed by atoms with Crippen LogP contribution >= 0.6 is 0 Å². The van der Waals surface area contributed by atoms with Crippen LogP contribution in [0, 0.1) is 5.82 Å². The maximum absolute atomic E-state index is 12.9. The van der Waals surface area contributed by atoms with Gasteiger partial charge in [-0.2, -0.15) is 0 Å². The molecule has 126 valence electrons. The number of carbonyl (C=O) groups is 1. The normalized spacial score (nSPS) is 17.8. The van der Waals surface area contributed by atoms with E-state index in [0.717, 1.165) is 29.8 Å². The Kier molecular flexibility index (Phi) is 5.11. The maximum atomic E-state index is 12.9. The highest BCUT2D eigenvalue weighted by Crippen LogP contribution is 2.22. The van der Waals surface area contributed by atoms with Crippen molar-refractivity contribution in [3.05, 3.63) is 65.5 Å². The van der Waals surface area contributed by atoms with Gasteiger partial charge in [-0.15, -0.1) is 0 Å². The number of carboxylic acids is 1. The maximum Gasteiger partial charge on any atom is 0.320 e. The van der Waals surface area contributed by atoms with Gasteiger partial charge < -0.3 is 9.84 Å². The van der Waals surface area contributed by atoms with Crippen molar-refractivity contribution in [2.24, 2.45) is 0 Å². The van der Waals surface area contributed by atoms with E-state index in [4.69, 9.17) is 4.74 Å². The molecule has 0 unspecified atom stereocenters. The Hall–Kier alpha value is -2.40. The molecule has 1 N–H and O–H groups in total. The lowest BCUT2D eigenvalue weighted by molar-refractivity contribution is -0.142. The van der Waals surface area contributed by atoms with E-state index >= 15 is 0 Å². The van der Waals surface area contributed by atoms with Crippen molar-refractivity contribution in [2.45, 2.75) is 32.0 Å². The summed E-state index contributed by atoms with van der Waals surface area (Å²) in [6.07, 6.45) is 1.64.